The number of fused-ring (bicyclic) bond motifs is 1. The van der Waals surface area contributed by atoms with Gasteiger partial charge in [-0.2, -0.15) is 0 Å². The molecule has 28 heavy (non-hydrogen) atoms. The zero-order valence-electron chi connectivity index (χ0n) is 15.9. The Bertz CT molecular complexity index is 1150. The SMILES string of the molecule is CN=C1S/C(=C/c2c(C)n(Cc3ccccc3Cl)c3ccccc23)C(=O)N1C. The molecule has 1 aliphatic heterocycles. The zero-order valence-corrected chi connectivity index (χ0v) is 17.5. The van der Waals surface area contributed by atoms with Crippen molar-refractivity contribution in [1.29, 1.82) is 0 Å². The summed E-state index contributed by atoms with van der Waals surface area (Å²) in [5.74, 6) is -0.0204. The molecule has 4 nitrogen and oxygen atoms in total. The number of halogens is 1. The number of aromatic nitrogens is 1. The lowest BCUT2D eigenvalue weighted by molar-refractivity contribution is -0.121. The largest absolute Gasteiger partial charge is 0.340 e. The molecule has 0 spiro atoms. The minimum Gasteiger partial charge on any atom is -0.340 e. The number of benzene rings is 2. The first-order valence-electron chi connectivity index (χ1n) is 8.97. The number of likely N-dealkylation sites (N-methyl/N-ethyl adjacent to an activating group) is 1. The Kier molecular flexibility index (Phi) is 5.04. The number of thioether (sulfide) groups is 1. The molecule has 2 aromatic carbocycles. The van der Waals surface area contributed by atoms with E-state index in [1.807, 2.05) is 42.5 Å². The van der Waals surface area contributed by atoms with Gasteiger partial charge in [0.25, 0.3) is 5.91 Å². The van der Waals surface area contributed by atoms with E-state index in [9.17, 15) is 4.79 Å². The van der Waals surface area contributed by atoms with Crippen LogP contribution in [0, 0.1) is 6.92 Å². The van der Waals surface area contributed by atoms with Crippen molar-refractivity contribution in [3.63, 3.8) is 0 Å². The summed E-state index contributed by atoms with van der Waals surface area (Å²) in [4.78, 5) is 19.1. The van der Waals surface area contributed by atoms with E-state index in [0.717, 1.165) is 32.7 Å². The van der Waals surface area contributed by atoms with Crippen molar-refractivity contribution in [2.45, 2.75) is 13.5 Å². The molecule has 6 heteroatoms. The van der Waals surface area contributed by atoms with Gasteiger partial charge >= 0.3 is 0 Å². The van der Waals surface area contributed by atoms with Crippen LogP contribution in [0.15, 0.2) is 58.4 Å². The van der Waals surface area contributed by atoms with Gasteiger partial charge in [-0.3, -0.25) is 14.7 Å². The normalized spacial score (nSPS) is 17.4. The van der Waals surface area contributed by atoms with E-state index in [-0.39, 0.29) is 5.91 Å². The average Bonchev–Trinajstić information content (AvgIpc) is 3.13. The predicted molar refractivity (Wildman–Crippen MR) is 119 cm³/mol. The van der Waals surface area contributed by atoms with E-state index in [4.69, 9.17) is 11.6 Å². The van der Waals surface area contributed by atoms with Crippen molar-refractivity contribution in [2.75, 3.05) is 14.1 Å². The minimum atomic E-state index is -0.0204. The first kappa shape index (κ1) is 18.8. The monoisotopic (exact) mass is 409 g/mol. The number of nitrogens with zero attached hydrogens (tertiary/aromatic N) is 3. The molecule has 4 rings (SSSR count). The Hall–Kier alpha value is -2.50. The number of rotatable bonds is 3. The summed E-state index contributed by atoms with van der Waals surface area (Å²) in [6.45, 7) is 2.77. The van der Waals surface area contributed by atoms with Crippen LogP contribution in [0.4, 0.5) is 0 Å². The third-order valence-corrected chi connectivity index (χ3v) is 6.56. The maximum Gasteiger partial charge on any atom is 0.266 e. The number of para-hydroxylation sites is 1. The van der Waals surface area contributed by atoms with Crippen LogP contribution >= 0.6 is 23.4 Å². The summed E-state index contributed by atoms with van der Waals surface area (Å²) in [5, 5.41) is 2.60. The molecule has 0 N–H and O–H groups in total. The molecule has 142 valence electrons. The van der Waals surface area contributed by atoms with Crippen LogP contribution in [-0.2, 0) is 11.3 Å². The van der Waals surface area contributed by atoms with E-state index in [0.29, 0.717) is 16.6 Å². The number of hydrogen-bond donors (Lipinski definition) is 0. The molecule has 1 amide bonds. The van der Waals surface area contributed by atoms with Gasteiger partial charge in [0.05, 0.1) is 4.91 Å². The molecule has 0 aliphatic carbocycles. The summed E-state index contributed by atoms with van der Waals surface area (Å²) in [6.07, 6.45) is 1.99. The number of amides is 1. The predicted octanol–water partition coefficient (Wildman–Crippen LogP) is 5.18. The van der Waals surface area contributed by atoms with Gasteiger partial charge in [0.2, 0.25) is 0 Å². The highest BCUT2D eigenvalue weighted by Gasteiger charge is 2.30. The second-order valence-corrected chi connectivity index (χ2v) is 8.09. The maximum absolute atomic E-state index is 12.6. The molecule has 1 saturated heterocycles. The molecule has 0 unspecified atom stereocenters. The van der Waals surface area contributed by atoms with Crippen molar-refractivity contribution < 1.29 is 4.79 Å². The van der Waals surface area contributed by atoms with Gasteiger partial charge in [0, 0.05) is 47.8 Å². The van der Waals surface area contributed by atoms with E-state index in [2.05, 4.69) is 28.6 Å². The lowest BCUT2D eigenvalue weighted by atomic mass is 10.1. The van der Waals surface area contributed by atoms with Gasteiger partial charge in [0.15, 0.2) is 5.17 Å². The molecule has 0 atom stereocenters. The van der Waals surface area contributed by atoms with Crippen molar-refractivity contribution in [3.8, 4) is 0 Å². The van der Waals surface area contributed by atoms with E-state index in [1.165, 1.54) is 11.8 Å². The number of carbonyl (C=O) groups is 1. The van der Waals surface area contributed by atoms with Gasteiger partial charge < -0.3 is 4.57 Å². The van der Waals surface area contributed by atoms with E-state index in [1.54, 1.807) is 19.0 Å². The van der Waals surface area contributed by atoms with Crippen LogP contribution in [0.25, 0.3) is 17.0 Å². The van der Waals surface area contributed by atoms with Crippen LogP contribution in [-0.4, -0.2) is 34.6 Å². The molecule has 0 bridgehead atoms. The molecule has 3 aromatic rings. The molecular formula is C22H20ClN3OS. The third kappa shape index (κ3) is 3.15. The Labute approximate surface area is 173 Å². The molecule has 2 heterocycles. The second-order valence-electron chi connectivity index (χ2n) is 6.67. The van der Waals surface area contributed by atoms with Gasteiger partial charge in [-0.15, -0.1) is 0 Å². The summed E-state index contributed by atoms with van der Waals surface area (Å²) >= 11 is 7.81. The lowest BCUT2D eigenvalue weighted by Crippen LogP contribution is -2.23. The molecular weight excluding hydrogens is 390 g/mol. The van der Waals surface area contributed by atoms with Crippen molar-refractivity contribution in [1.82, 2.24) is 9.47 Å². The molecule has 0 saturated carbocycles. The Morgan fingerprint density at radius 2 is 1.86 bits per heavy atom. The van der Waals surface area contributed by atoms with Crippen molar-refractivity contribution >= 4 is 51.4 Å². The topological polar surface area (TPSA) is 37.6 Å². The zero-order chi connectivity index (χ0) is 19.8. The van der Waals surface area contributed by atoms with Crippen LogP contribution in [0.2, 0.25) is 5.02 Å². The first-order chi connectivity index (χ1) is 13.5. The van der Waals surface area contributed by atoms with Gasteiger partial charge in [-0.05, 0) is 42.5 Å². The summed E-state index contributed by atoms with van der Waals surface area (Å²) in [5.41, 5.74) is 4.36. The van der Waals surface area contributed by atoms with Gasteiger partial charge in [0.1, 0.15) is 0 Å². The fraction of sp³-hybridized carbons (Fsp3) is 0.182. The third-order valence-electron chi connectivity index (χ3n) is 5.04. The van der Waals surface area contributed by atoms with Gasteiger partial charge in [-0.1, -0.05) is 48.0 Å². The molecule has 1 aliphatic rings. The van der Waals surface area contributed by atoms with Gasteiger partial charge in [-0.25, -0.2) is 0 Å². The number of aliphatic imine (C=N–C) groups is 1. The van der Waals surface area contributed by atoms with Crippen LogP contribution < -0.4 is 0 Å². The van der Waals surface area contributed by atoms with Crippen LogP contribution in [0.5, 0.6) is 0 Å². The molecule has 0 radical (unpaired) electrons. The van der Waals surface area contributed by atoms with E-state index < -0.39 is 0 Å². The summed E-state index contributed by atoms with van der Waals surface area (Å²) in [7, 11) is 3.46. The maximum atomic E-state index is 12.6. The number of hydrogen-bond acceptors (Lipinski definition) is 3. The van der Waals surface area contributed by atoms with Crippen molar-refractivity contribution in [2.24, 2.45) is 4.99 Å². The fourth-order valence-corrected chi connectivity index (χ4v) is 4.63. The van der Waals surface area contributed by atoms with Crippen molar-refractivity contribution in [3.05, 3.63) is 75.3 Å². The van der Waals surface area contributed by atoms with E-state index >= 15 is 0 Å². The number of carbonyl (C=O) groups excluding carboxylic acids is 1. The highest BCUT2D eigenvalue weighted by molar-refractivity contribution is 8.18. The Morgan fingerprint density at radius 3 is 2.57 bits per heavy atom. The Balaban J connectivity index is 1.85. The van der Waals surface area contributed by atoms with Crippen LogP contribution in [0.1, 0.15) is 16.8 Å². The second kappa shape index (κ2) is 7.49. The highest BCUT2D eigenvalue weighted by atomic mass is 35.5. The highest BCUT2D eigenvalue weighted by Crippen LogP contribution is 2.35. The average molecular weight is 410 g/mol. The molecule has 1 aromatic heterocycles. The fourth-order valence-electron chi connectivity index (χ4n) is 3.52. The molecule has 1 fully saturated rings. The summed E-state index contributed by atoms with van der Waals surface area (Å²) in [6, 6.07) is 16.2. The quantitative estimate of drug-likeness (QED) is 0.558. The lowest BCUT2D eigenvalue weighted by Gasteiger charge is -2.10. The smallest absolute Gasteiger partial charge is 0.266 e. The number of amidine groups is 1. The minimum absolute atomic E-state index is 0.0204. The first-order valence-corrected chi connectivity index (χ1v) is 10.2. The standard InChI is InChI=1S/C22H20ClN3OS/c1-14-17(12-20-21(27)25(3)22(24-2)28-20)16-9-5-7-11-19(16)26(14)13-15-8-4-6-10-18(15)23/h4-12H,13H2,1-3H3/b20-12+,24-22?. The summed E-state index contributed by atoms with van der Waals surface area (Å²) < 4.78 is 2.26. The Morgan fingerprint density at radius 1 is 1.14 bits per heavy atom. The van der Waals surface area contributed by atoms with Crippen LogP contribution in [0.3, 0.4) is 0 Å².